The maximum absolute atomic E-state index is 9.61. The second kappa shape index (κ2) is 3.33. The van der Waals surface area contributed by atoms with Crippen molar-refractivity contribution in [2.24, 2.45) is 11.5 Å². The third-order valence-corrected chi connectivity index (χ3v) is 2.80. The fraction of sp³-hybridized carbons (Fsp3) is 0.400. The lowest BCUT2D eigenvalue weighted by Gasteiger charge is -2.35. The average Bonchev–Trinajstić information content (AvgIpc) is 2.23. The summed E-state index contributed by atoms with van der Waals surface area (Å²) < 4.78 is 0. The van der Waals surface area contributed by atoms with Crippen LogP contribution >= 0.6 is 0 Å². The van der Waals surface area contributed by atoms with Crippen molar-refractivity contribution in [1.82, 2.24) is 0 Å². The van der Waals surface area contributed by atoms with Crippen LogP contribution in [0, 0.1) is 0 Å². The van der Waals surface area contributed by atoms with Crippen LogP contribution < -0.4 is 11.5 Å². The summed E-state index contributed by atoms with van der Waals surface area (Å²) in [5.41, 5.74) is 13.2. The van der Waals surface area contributed by atoms with Gasteiger partial charge in [0.15, 0.2) is 0 Å². The van der Waals surface area contributed by atoms with Crippen LogP contribution in [0.15, 0.2) is 24.3 Å². The van der Waals surface area contributed by atoms with E-state index < -0.39 is 24.3 Å². The van der Waals surface area contributed by atoms with Gasteiger partial charge in [0.25, 0.3) is 0 Å². The number of nitrogens with two attached hydrogens (primary N) is 2. The molecule has 4 atom stereocenters. The number of rotatable bonds is 0. The van der Waals surface area contributed by atoms with Gasteiger partial charge in [0.1, 0.15) is 12.2 Å². The zero-order valence-corrected chi connectivity index (χ0v) is 7.67. The predicted molar refractivity (Wildman–Crippen MR) is 52.3 cm³/mol. The van der Waals surface area contributed by atoms with Crippen LogP contribution in [0.5, 0.6) is 0 Å². The van der Waals surface area contributed by atoms with Crippen LogP contribution in [-0.4, -0.2) is 22.4 Å². The Hall–Kier alpha value is -0.940. The fourth-order valence-corrected chi connectivity index (χ4v) is 1.91. The first-order chi connectivity index (χ1) is 6.63. The van der Waals surface area contributed by atoms with E-state index in [0.717, 1.165) is 11.1 Å². The van der Waals surface area contributed by atoms with Crippen LogP contribution in [-0.2, 0) is 0 Å². The van der Waals surface area contributed by atoms with Crippen LogP contribution in [0.2, 0.25) is 0 Å². The first-order valence-corrected chi connectivity index (χ1v) is 4.59. The van der Waals surface area contributed by atoms with E-state index in [1.165, 1.54) is 0 Å². The van der Waals surface area contributed by atoms with Crippen molar-refractivity contribution in [2.75, 3.05) is 0 Å². The quantitative estimate of drug-likeness (QED) is 0.444. The molecule has 1 aliphatic rings. The molecule has 4 heteroatoms. The molecule has 0 saturated heterocycles. The molecule has 0 radical (unpaired) electrons. The van der Waals surface area contributed by atoms with Gasteiger partial charge in [-0.2, -0.15) is 0 Å². The van der Waals surface area contributed by atoms with Crippen LogP contribution in [0.4, 0.5) is 0 Å². The molecule has 76 valence electrons. The monoisotopic (exact) mass is 194 g/mol. The summed E-state index contributed by atoms with van der Waals surface area (Å²) in [5, 5.41) is 19.2. The molecule has 0 heterocycles. The molecule has 0 aromatic heterocycles. The highest BCUT2D eigenvalue weighted by atomic mass is 16.3. The van der Waals surface area contributed by atoms with Crippen LogP contribution in [0.3, 0.4) is 0 Å². The van der Waals surface area contributed by atoms with Gasteiger partial charge in [0, 0.05) is 0 Å². The van der Waals surface area contributed by atoms with Crippen LogP contribution in [0.25, 0.3) is 0 Å². The Kier molecular flexibility index (Phi) is 2.28. The van der Waals surface area contributed by atoms with Gasteiger partial charge in [-0.25, -0.2) is 0 Å². The molecule has 4 nitrogen and oxygen atoms in total. The topological polar surface area (TPSA) is 92.5 Å². The van der Waals surface area contributed by atoms with Crippen molar-refractivity contribution in [1.29, 1.82) is 0 Å². The Labute approximate surface area is 82.2 Å². The number of benzene rings is 1. The molecule has 0 fully saturated rings. The zero-order chi connectivity index (χ0) is 10.3. The maximum atomic E-state index is 9.61. The molecular formula is C10H14N2O2. The SMILES string of the molecule is NC1c2ccccc2[C@H](N)[C@@H](O)[C@H]1O. The summed E-state index contributed by atoms with van der Waals surface area (Å²) in [4.78, 5) is 0. The lowest BCUT2D eigenvalue weighted by Crippen LogP contribution is -2.47. The number of aliphatic hydroxyl groups excluding tert-OH is 2. The molecule has 0 amide bonds. The van der Waals surface area contributed by atoms with E-state index in [1.54, 1.807) is 0 Å². The molecule has 2 rings (SSSR count). The minimum absolute atomic E-state index is 0.555. The van der Waals surface area contributed by atoms with Gasteiger partial charge in [0.2, 0.25) is 0 Å². The Morgan fingerprint density at radius 3 is 1.57 bits per heavy atom. The molecule has 0 saturated carbocycles. The average molecular weight is 194 g/mol. The van der Waals surface area contributed by atoms with Crippen molar-refractivity contribution in [3.05, 3.63) is 35.4 Å². The van der Waals surface area contributed by atoms with Gasteiger partial charge in [-0.1, -0.05) is 24.3 Å². The Morgan fingerprint density at radius 2 is 1.21 bits per heavy atom. The van der Waals surface area contributed by atoms with Gasteiger partial charge < -0.3 is 21.7 Å². The van der Waals surface area contributed by atoms with Crippen LogP contribution in [0.1, 0.15) is 23.2 Å². The fourth-order valence-electron chi connectivity index (χ4n) is 1.91. The Morgan fingerprint density at radius 1 is 0.857 bits per heavy atom. The van der Waals surface area contributed by atoms with E-state index in [2.05, 4.69) is 0 Å². The summed E-state index contributed by atoms with van der Waals surface area (Å²) in [5.74, 6) is 0. The number of hydrogen-bond donors (Lipinski definition) is 4. The highest BCUT2D eigenvalue weighted by molar-refractivity contribution is 5.37. The third kappa shape index (κ3) is 1.24. The molecule has 0 aliphatic heterocycles. The molecule has 1 aromatic rings. The first kappa shape index (κ1) is 9.61. The largest absolute Gasteiger partial charge is 0.388 e. The van der Waals surface area contributed by atoms with Crippen molar-refractivity contribution in [2.45, 2.75) is 24.3 Å². The number of hydrogen-bond acceptors (Lipinski definition) is 4. The third-order valence-electron chi connectivity index (χ3n) is 2.80. The maximum Gasteiger partial charge on any atom is 0.101 e. The lowest BCUT2D eigenvalue weighted by molar-refractivity contribution is -0.0196. The van der Waals surface area contributed by atoms with Gasteiger partial charge in [-0.05, 0) is 11.1 Å². The Balaban J connectivity index is 2.51. The second-order valence-electron chi connectivity index (χ2n) is 3.66. The predicted octanol–water partition coefficient (Wildman–Crippen LogP) is -0.578. The normalized spacial score (nSPS) is 36.6. The molecule has 0 bridgehead atoms. The van der Waals surface area contributed by atoms with E-state index in [1.807, 2.05) is 24.3 Å². The van der Waals surface area contributed by atoms with E-state index in [-0.39, 0.29) is 0 Å². The van der Waals surface area contributed by atoms with Crippen molar-refractivity contribution >= 4 is 0 Å². The van der Waals surface area contributed by atoms with E-state index >= 15 is 0 Å². The van der Waals surface area contributed by atoms with Crippen molar-refractivity contribution in [3.8, 4) is 0 Å². The number of fused-ring (bicyclic) bond motifs is 1. The Bertz CT molecular complexity index is 310. The molecular weight excluding hydrogens is 180 g/mol. The zero-order valence-electron chi connectivity index (χ0n) is 7.67. The van der Waals surface area contributed by atoms with Crippen molar-refractivity contribution < 1.29 is 10.2 Å². The highest BCUT2D eigenvalue weighted by Crippen LogP contribution is 2.33. The molecule has 1 unspecified atom stereocenters. The highest BCUT2D eigenvalue weighted by Gasteiger charge is 2.37. The van der Waals surface area contributed by atoms with Crippen molar-refractivity contribution in [3.63, 3.8) is 0 Å². The summed E-state index contributed by atoms with van der Waals surface area (Å²) in [7, 11) is 0. The molecule has 1 aromatic carbocycles. The van der Waals surface area contributed by atoms with Gasteiger partial charge in [-0.3, -0.25) is 0 Å². The van der Waals surface area contributed by atoms with Gasteiger partial charge in [0.05, 0.1) is 12.1 Å². The molecule has 0 spiro atoms. The minimum atomic E-state index is -0.986. The smallest absolute Gasteiger partial charge is 0.101 e. The summed E-state index contributed by atoms with van der Waals surface area (Å²) in [6.07, 6.45) is -1.97. The first-order valence-electron chi connectivity index (χ1n) is 4.59. The van der Waals surface area contributed by atoms with E-state index in [9.17, 15) is 10.2 Å². The summed E-state index contributed by atoms with van der Waals surface area (Å²) in [6.45, 7) is 0. The number of aliphatic hydroxyl groups is 2. The van der Waals surface area contributed by atoms with Gasteiger partial charge in [-0.15, -0.1) is 0 Å². The van der Waals surface area contributed by atoms with E-state index in [4.69, 9.17) is 11.5 Å². The van der Waals surface area contributed by atoms with E-state index in [0.29, 0.717) is 0 Å². The minimum Gasteiger partial charge on any atom is -0.388 e. The second-order valence-corrected chi connectivity index (χ2v) is 3.66. The molecule has 1 aliphatic carbocycles. The summed E-state index contributed by atoms with van der Waals surface area (Å²) in [6, 6.07) is 6.23. The lowest BCUT2D eigenvalue weighted by atomic mass is 9.81. The molecule has 6 N–H and O–H groups in total. The molecule has 14 heavy (non-hydrogen) atoms. The summed E-state index contributed by atoms with van der Waals surface area (Å²) >= 11 is 0. The van der Waals surface area contributed by atoms with Gasteiger partial charge >= 0.3 is 0 Å². The standard InChI is InChI=1S/C10H14N2O2/c11-7-5-3-1-2-4-6(5)8(12)10(14)9(7)13/h1-4,7-10,13-14H,11-12H2/t7-,8?,9+,10-/m0/s1.